The Bertz CT molecular complexity index is 1010. The first-order valence-corrected chi connectivity index (χ1v) is 9.97. The molecule has 2 heterocycles. The van der Waals surface area contributed by atoms with E-state index in [1.165, 1.54) is 18.5 Å². The van der Waals surface area contributed by atoms with E-state index in [1.807, 2.05) is 4.90 Å². The predicted molar refractivity (Wildman–Crippen MR) is 112 cm³/mol. The summed E-state index contributed by atoms with van der Waals surface area (Å²) in [6.07, 6.45) is 1.74. The number of hydrogen-bond acceptors (Lipinski definition) is 5. The van der Waals surface area contributed by atoms with Crippen LogP contribution in [0, 0.1) is 5.82 Å². The van der Waals surface area contributed by atoms with Gasteiger partial charge in [-0.25, -0.2) is 14.4 Å². The number of aromatic nitrogens is 2. The van der Waals surface area contributed by atoms with Gasteiger partial charge in [-0.3, -0.25) is 4.79 Å². The Hall–Kier alpha value is -3.19. The van der Waals surface area contributed by atoms with Gasteiger partial charge in [0.05, 0.1) is 6.42 Å². The fourth-order valence-corrected chi connectivity index (χ4v) is 3.38. The fourth-order valence-electron chi connectivity index (χ4n) is 3.26. The zero-order valence-corrected chi connectivity index (χ0v) is 16.9. The van der Waals surface area contributed by atoms with Crippen LogP contribution in [0.25, 0.3) is 0 Å². The molecule has 1 aliphatic heterocycles. The number of halogens is 2. The monoisotopic (exact) mass is 426 g/mol. The predicted octanol–water partition coefficient (Wildman–Crippen LogP) is 3.95. The molecule has 0 N–H and O–H groups in total. The Morgan fingerprint density at radius 1 is 1.00 bits per heavy atom. The summed E-state index contributed by atoms with van der Waals surface area (Å²) in [5, 5.41) is 0.637. The molecule has 2 aromatic carbocycles. The lowest BCUT2D eigenvalue weighted by Gasteiger charge is -2.35. The van der Waals surface area contributed by atoms with Crippen LogP contribution in [0.2, 0.25) is 5.02 Å². The molecular weight excluding hydrogens is 407 g/mol. The summed E-state index contributed by atoms with van der Waals surface area (Å²) in [5.74, 6) is 1.57. The second-order valence-electron chi connectivity index (χ2n) is 6.94. The van der Waals surface area contributed by atoms with E-state index >= 15 is 0 Å². The molecular formula is C22H20ClFN4O2. The molecule has 6 nitrogen and oxygen atoms in total. The number of anilines is 1. The van der Waals surface area contributed by atoms with E-state index < -0.39 is 0 Å². The third-order valence-corrected chi connectivity index (χ3v) is 5.14. The van der Waals surface area contributed by atoms with Crippen LogP contribution in [-0.2, 0) is 11.2 Å². The quantitative estimate of drug-likeness (QED) is 0.618. The zero-order valence-electron chi connectivity index (χ0n) is 16.2. The minimum atomic E-state index is -0.302. The summed E-state index contributed by atoms with van der Waals surface area (Å²) in [6, 6.07) is 14.9. The molecule has 1 saturated heterocycles. The Kier molecular flexibility index (Phi) is 6.09. The summed E-state index contributed by atoms with van der Waals surface area (Å²) in [5.41, 5.74) is 0.809. The molecule has 3 aromatic rings. The molecule has 0 saturated carbocycles. The number of ether oxygens (including phenoxy) is 1. The molecule has 30 heavy (non-hydrogen) atoms. The lowest BCUT2D eigenvalue weighted by atomic mass is 10.1. The normalized spacial score (nSPS) is 13.9. The number of piperazine rings is 1. The number of benzene rings is 2. The van der Waals surface area contributed by atoms with Crippen LogP contribution in [0.3, 0.4) is 0 Å². The molecule has 4 rings (SSSR count). The first kappa shape index (κ1) is 20.1. The lowest BCUT2D eigenvalue weighted by Crippen LogP contribution is -2.49. The van der Waals surface area contributed by atoms with E-state index in [-0.39, 0.29) is 18.1 Å². The molecule has 0 bridgehead atoms. The van der Waals surface area contributed by atoms with Crippen molar-refractivity contribution in [3.8, 4) is 11.6 Å². The number of carbonyl (C=O) groups is 1. The van der Waals surface area contributed by atoms with Gasteiger partial charge >= 0.3 is 0 Å². The lowest BCUT2D eigenvalue weighted by molar-refractivity contribution is -0.130. The van der Waals surface area contributed by atoms with Crippen molar-refractivity contribution >= 4 is 23.3 Å². The Morgan fingerprint density at radius 2 is 1.70 bits per heavy atom. The number of amides is 1. The van der Waals surface area contributed by atoms with Crippen molar-refractivity contribution in [2.45, 2.75) is 6.42 Å². The van der Waals surface area contributed by atoms with Gasteiger partial charge in [-0.1, -0.05) is 23.7 Å². The van der Waals surface area contributed by atoms with Gasteiger partial charge in [-0.15, -0.1) is 0 Å². The molecule has 1 fully saturated rings. The van der Waals surface area contributed by atoms with Crippen molar-refractivity contribution in [1.29, 1.82) is 0 Å². The van der Waals surface area contributed by atoms with Crippen molar-refractivity contribution in [3.05, 3.63) is 77.3 Å². The average Bonchev–Trinajstić information content (AvgIpc) is 2.77. The number of nitrogens with zero attached hydrogens (tertiary/aromatic N) is 4. The highest BCUT2D eigenvalue weighted by Gasteiger charge is 2.22. The van der Waals surface area contributed by atoms with Crippen LogP contribution in [0.5, 0.6) is 11.6 Å². The molecule has 0 aliphatic carbocycles. The van der Waals surface area contributed by atoms with Crippen LogP contribution >= 0.6 is 11.6 Å². The van der Waals surface area contributed by atoms with E-state index in [0.717, 1.165) is 11.4 Å². The second-order valence-corrected chi connectivity index (χ2v) is 7.38. The highest BCUT2D eigenvalue weighted by atomic mass is 35.5. The molecule has 8 heteroatoms. The van der Waals surface area contributed by atoms with Gasteiger partial charge in [-0.2, -0.15) is 0 Å². The largest absolute Gasteiger partial charge is 0.439 e. The molecule has 0 radical (unpaired) electrons. The Morgan fingerprint density at radius 3 is 2.40 bits per heavy atom. The van der Waals surface area contributed by atoms with E-state index in [4.69, 9.17) is 16.3 Å². The van der Waals surface area contributed by atoms with Crippen LogP contribution < -0.4 is 9.64 Å². The van der Waals surface area contributed by atoms with Crippen LogP contribution in [-0.4, -0.2) is 47.0 Å². The minimum absolute atomic E-state index is 0.0377. The third-order valence-electron chi connectivity index (χ3n) is 4.89. The number of hydrogen-bond donors (Lipinski definition) is 0. The first-order valence-electron chi connectivity index (χ1n) is 9.59. The van der Waals surface area contributed by atoms with Crippen LogP contribution in [0.4, 0.5) is 10.2 Å². The van der Waals surface area contributed by atoms with E-state index in [0.29, 0.717) is 42.8 Å². The molecule has 154 valence electrons. The number of rotatable bonds is 5. The molecule has 0 spiro atoms. The van der Waals surface area contributed by atoms with E-state index in [2.05, 4.69) is 14.9 Å². The molecule has 1 amide bonds. The van der Waals surface area contributed by atoms with Crippen molar-refractivity contribution in [2.75, 3.05) is 31.1 Å². The highest BCUT2D eigenvalue weighted by molar-refractivity contribution is 6.30. The topological polar surface area (TPSA) is 58.6 Å². The standard InChI is InChI=1S/C22H20ClFN4O2/c23-17-3-7-19(8-4-17)30-21-14-20(25-15-26-21)27-9-11-28(12-10-27)22(29)13-16-1-5-18(24)6-2-16/h1-8,14-15H,9-13H2. The summed E-state index contributed by atoms with van der Waals surface area (Å²) in [6.45, 7) is 2.51. The first-order chi connectivity index (χ1) is 14.6. The smallest absolute Gasteiger partial charge is 0.227 e. The van der Waals surface area contributed by atoms with Gasteiger partial charge in [0, 0.05) is 37.3 Å². The maximum Gasteiger partial charge on any atom is 0.227 e. The van der Waals surface area contributed by atoms with E-state index in [1.54, 1.807) is 42.5 Å². The molecule has 1 aromatic heterocycles. The maximum atomic E-state index is 13.0. The van der Waals surface area contributed by atoms with Crippen molar-refractivity contribution in [1.82, 2.24) is 14.9 Å². The molecule has 0 atom stereocenters. The minimum Gasteiger partial charge on any atom is -0.439 e. The van der Waals surface area contributed by atoms with Gasteiger partial charge in [0.2, 0.25) is 11.8 Å². The fraction of sp³-hybridized carbons (Fsp3) is 0.227. The van der Waals surface area contributed by atoms with Crippen molar-refractivity contribution < 1.29 is 13.9 Å². The summed E-state index contributed by atoms with van der Waals surface area (Å²) in [4.78, 5) is 25.0. The van der Waals surface area contributed by atoms with Gasteiger partial charge < -0.3 is 14.5 Å². The van der Waals surface area contributed by atoms with Crippen molar-refractivity contribution in [2.24, 2.45) is 0 Å². The summed E-state index contributed by atoms with van der Waals surface area (Å²) in [7, 11) is 0. The van der Waals surface area contributed by atoms with Gasteiger partial charge in [0.1, 0.15) is 23.7 Å². The average molecular weight is 427 g/mol. The zero-order chi connectivity index (χ0) is 20.9. The van der Waals surface area contributed by atoms with E-state index in [9.17, 15) is 9.18 Å². The van der Waals surface area contributed by atoms with Gasteiger partial charge in [0.15, 0.2) is 0 Å². The highest BCUT2D eigenvalue weighted by Crippen LogP contribution is 2.24. The maximum absolute atomic E-state index is 13.0. The second kappa shape index (κ2) is 9.09. The molecule has 1 aliphatic rings. The van der Waals surface area contributed by atoms with Gasteiger partial charge in [0.25, 0.3) is 0 Å². The van der Waals surface area contributed by atoms with Gasteiger partial charge in [-0.05, 0) is 42.0 Å². The molecule has 0 unspecified atom stereocenters. The third kappa shape index (κ3) is 5.04. The Labute approximate surface area is 178 Å². The SMILES string of the molecule is O=C(Cc1ccc(F)cc1)N1CCN(c2cc(Oc3ccc(Cl)cc3)ncn2)CC1. The van der Waals surface area contributed by atoms with Crippen molar-refractivity contribution in [3.63, 3.8) is 0 Å². The van der Waals surface area contributed by atoms with Crippen LogP contribution in [0.15, 0.2) is 60.9 Å². The number of carbonyl (C=O) groups excluding carboxylic acids is 1. The van der Waals surface area contributed by atoms with Crippen LogP contribution in [0.1, 0.15) is 5.56 Å². The summed E-state index contributed by atoms with van der Waals surface area (Å²) < 4.78 is 18.8. The Balaban J connectivity index is 1.34. The summed E-state index contributed by atoms with van der Waals surface area (Å²) >= 11 is 5.90.